The van der Waals surface area contributed by atoms with Crippen molar-refractivity contribution in [3.8, 4) is 0 Å². The zero-order valence-electron chi connectivity index (χ0n) is 11.4. The minimum absolute atomic E-state index is 0. The van der Waals surface area contributed by atoms with Gasteiger partial charge in [-0.1, -0.05) is 6.92 Å². The molecule has 108 valence electrons. The first-order valence-electron chi connectivity index (χ1n) is 6.47. The first kappa shape index (κ1) is 16.5. The number of carbonyl (C=O) groups is 1. The van der Waals surface area contributed by atoms with Gasteiger partial charge in [0.25, 0.3) is 5.91 Å². The normalized spacial score (nSPS) is 18.2. The van der Waals surface area contributed by atoms with Gasteiger partial charge in [-0.3, -0.25) is 4.79 Å². The Morgan fingerprint density at radius 2 is 2.37 bits per heavy atom. The molecule has 2 rings (SSSR count). The van der Waals surface area contributed by atoms with E-state index in [1.54, 1.807) is 0 Å². The van der Waals surface area contributed by atoms with Gasteiger partial charge in [0.15, 0.2) is 0 Å². The maximum absolute atomic E-state index is 12.6. The van der Waals surface area contributed by atoms with Crippen LogP contribution in [0.15, 0.2) is 16.7 Å². The maximum Gasteiger partial charge on any atom is 0.270 e. The van der Waals surface area contributed by atoms with E-state index in [9.17, 15) is 4.79 Å². The van der Waals surface area contributed by atoms with E-state index < -0.39 is 0 Å². The second kappa shape index (κ2) is 7.31. The van der Waals surface area contributed by atoms with E-state index in [0.29, 0.717) is 6.04 Å². The molecule has 4 nitrogen and oxygen atoms in total. The highest BCUT2D eigenvalue weighted by atomic mass is 79.9. The third-order valence-electron chi connectivity index (χ3n) is 3.39. The van der Waals surface area contributed by atoms with Crippen molar-refractivity contribution < 1.29 is 4.79 Å². The number of amides is 1. The summed E-state index contributed by atoms with van der Waals surface area (Å²) in [7, 11) is 1.91. The molecule has 1 atom stereocenters. The van der Waals surface area contributed by atoms with Crippen molar-refractivity contribution in [2.75, 3.05) is 19.6 Å². The molecule has 1 aliphatic rings. The first-order chi connectivity index (χ1) is 8.63. The lowest BCUT2D eigenvalue weighted by atomic mass is 10.2. The molecule has 1 aromatic heterocycles. The highest BCUT2D eigenvalue weighted by Crippen LogP contribution is 2.18. The number of carbonyl (C=O) groups excluding carboxylic acids is 1. The fraction of sp³-hybridized carbons (Fsp3) is 0.615. The summed E-state index contributed by atoms with van der Waals surface area (Å²) in [6.07, 6.45) is 3.97. The number of aromatic nitrogens is 1. The predicted molar refractivity (Wildman–Crippen MR) is 83.0 cm³/mol. The summed E-state index contributed by atoms with van der Waals surface area (Å²) in [5, 5.41) is 3.33. The Morgan fingerprint density at radius 1 is 1.63 bits per heavy atom. The van der Waals surface area contributed by atoms with E-state index >= 15 is 0 Å². The van der Waals surface area contributed by atoms with Gasteiger partial charge < -0.3 is 14.8 Å². The number of nitrogens with one attached hydrogen (secondary N) is 1. The van der Waals surface area contributed by atoms with Crippen molar-refractivity contribution in [3.63, 3.8) is 0 Å². The monoisotopic (exact) mass is 349 g/mol. The fourth-order valence-electron chi connectivity index (χ4n) is 2.48. The Kier molecular flexibility index (Phi) is 6.36. The molecule has 2 heterocycles. The lowest BCUT2D eigenvalue weighted by Crippen LogP contribution is -2.42. The number of nitrogens with zero attached hydrogens (tertiary/aromatic N) is 2. The van der Waals surface area contributed by atoms with Gasteiger partial charge in [0.2, 0.25) is 0 Å². The van der Waals surface area contributed by atoms with Crippen LogP contribution in [0.2, 0.25) is 0 Å². The van der Waals surface area contributed by atoms with Crippen molar-refractivity contribution >= 4 is 34.2 Å². The van der Waals surface area contributed by atoms with Gasteiger partial charge in [-0.2, -0.15) is 0 Å². The minimum atomic E-state index is 0. The van der Waals surface area contributed by atoms with Crippen LogP contribution < -0.4 is 5.32 Å². The lowest BCUT2D eigenvalue weighted by molar-refractivity contribution is 0.0682. The van der Waals surface area contributed by atoms with E-state index in [-0.39, 0.29) is 18.3 Å². The van der Waals surface area contributed by atoms with Crippen LogP contribution in [0.3, 0.4) is 0 Å². The average molecular weight is 351 g/mol. The van der Waals surface area contributed by atoms with Crippen LogP contribution in [0.5, 0.6) is 0 Å². The van der Waals surface area contributed by atoms with Crippen molar-refractivity contribution in [3.05, 3.63) is 22.4 Å². The van der Waals surface area contributed by atoms with Gasteiger partial charge in [0.1, 0.15) is 5.69 Å². The number of halogens is 2. The molecule has 1 amide bonds. The smallest absolute Gasteiger partial charge is 0.270 e. The SMILES string of the molecule is CCCN(C(=O)c1cc(Br)cn1C)C1CCNC1.Cl. The van der Waals surface area contributed by atoms with Crippen molar-refractivity contribution in [1.29, 1.82) is 0 Å². The number of aryl methyl sites for hydroxylation is 1. The van der Waals surface area contributed by atoms with Crippen LogP contribution in [-0.2, 0) is 7.05 Å². The quantitative estimate of drug-likeness (QED) is 0.905. The molecule has 19 heavy (non-hydrogen) atoms. The van der Waals surface area contributed by atoms with Crippen molar-refractivity contribution in [1.82, 2.24) is 14.8 Å². The summed E-state index contributed by atoms with van der Waals surface area (Å²) in [5.74, 6) is 0.138. The topological polar surface area (TPSA) is 37.3 Å². The Bertz CT molecular complexity index is 430. The first-order valence-corrected chi connectivity index (χ1v) is 7.26. The highest BCUT2D eigenvalue weighted by molar-refractivity contribution is 9.10. The average Bonchev–Trinajstić information content (AvgIpc) is 2.95. The molecule has 1 aliphatic heterocycles. The molecule has 0 aromatic carbocycles. The molecule has 1 saturated heterocycles. The molecule has 1 unspecified atom stereocenters. The van der Waals surface area contributed by atoms with E-state index in [1.165, 1.54) is 0 Å². The summed E-state index contributed by atoms with van der Waals surface area (Å²) >= 11 is 3.42. The molecule has 0 spiro atoms. The second-order valence-electron chi connectivity index (χ2n) is 4.80. The zero-order valence-corrected chi connectivity index (χ0v) is 13.8. The standard InChI is InChI=1S/C13H20BrN3O.ClH/c1-3-6-17(11-4-5-15-8-11)13(18)12-7-10(14)9-16(12)2;/h7,9,11,15H,3-6,8H2,1-2H3;1H. The molecular weight excluding hydrogens is 330 g/mol. The summed E-state index contributed by atoms with van der Waals surface area (Å²) in [6.45, 7) is 4.86. The van der Waals surface area contributed by atoms with Gasteiger partial charge >= 0.3 is 0 Å². The summed E-state index contributed by atoms with van der Waals surface area (Å²) in [5.41, 5.74) is 0.752. The molecule has 1 aromatic rings. The van der Waals surface area contributed by atoms with Crippen LogP contribution >= 0.6 is 28.3 Å². The fourth-order valence-corrected chi connectivity index (χ4v) is 3.00. The third-order valence-corrected chi connectivity index (χ3v) is 3.82. The van der Waals surface area contributed by atoms with Gasteiger partial charge in [-0.25, -0.2) is 0 Å². The van der Waals surface area contributed by atoms with Gasteiger partial charge in [-0.05, 0) is 41.4 Å². The number of hydrogen-bond acceptors (Lipinski definition) is 2. The second-order valence-corrected chi connectivity index (χ2v) is 5.72. The molecular formula is C13H21BrClN3O. The highest BCUT2D eigenvalue weighted by Gasteiger charge is 2.27. The summed E-state index contributed by atoms with van der Waals surface area (Å²) < 4.78 is 2.84. The minimum Gasteiger partial charge on any atom is -0.345 e. The predicted octanol–water partition coefficient (Wildman–Crippen LogP) is 2.42. The summed E-state index contributed by atoms with van der Waals surface area (Å²) in [4.78, 5) is 14.6. The molecule has 0 saturated carbocycles. The van der Waals surface area contributed by atoms with Crippen LogP contribution in [0, 0.1) is 0 Å². The Balaban J connectivity index is 0.00000180. The molecule has 0 radical (unpaired) electrons. The van der Waals surface area contributed by atoms with E-state index in [1.807, 2.05) is 28.8 Å². The zero-order chi connectivity index (χ0) is 13.1. The summed E-state index contributed by atoms with van der Waals surface area (Å²) in [6, 6.07) is 2.24. The Morgan fingerprint density at radius 3 is 2.84 bits per heavy atom. The van der Waals surface area contributed by atoms with E-state index in [2.05, 4.69) is 28.2 Å². The van der Waals surface area contributed by atoms with Gasteiger partial charge in [0, 0.05) is 36.8 Å². The van der Waals surface area contributed by atoms with Crippen molar-refractivity contribution in [2.45, 2.75) is 25.8 Å². The van der Waals surface area contributed by atoms with Crippen LogP contribution in [-0.4, -0.2) is 41.1 Å². The Hall–Kier alpha value is -0.520. The molecule has 1 N–H and O–H groups in total. The number of hydrogen-bond donors (Lipinski definition) is 1. The van der Waals surface area contributed by atoms with Crippen LogP contribution in [0.1, 0.15) is 30.3 Å². The van der Waals surface area contributed by atoms with Gasteiger partial charge in [0.05, 0.1) is 0 Å². The lowest BCUT2D eigenvalue weighted by Gasteiger charge is -2.28. The molecule has 6 heteroatoms. The third kappa shape index (κ3) is 3.74. The maximum atomic E-state index is 12.6. The number of rotatable bonds is 4. The largest absolute Gasteiger partial charge is 0.345 e. The van der Waals surface area contributed by atoms with E-state index in [0.717, 1.165) is 42.6 Å². The van der Waals surface area contributed by atoms with Crippen molar-refractivity contribution in [2.24, 2.45) is 7.05 Å². The molecule has 0 aliphatic carbocycles. The van der Waals surface area contributed by atoms with Gasteiger partial charge in [-0.15, -0.1) is 12.4 Å². The molecule has 1 fully saturated rings. The molecule has 0 bridgehead atoms. The van der Waals surface area contributed by atoms with Crippen LogP contribution in [0.25, 0.3) is 0 Å². The van der Waals surface area contributed by atoms with Crippen LogP contribution in [0.4, 0.5) is 0 Å². The van der Waals surface area contributed by atoms with E-state index in [4.69, 9.17) is 0 Å². The Labute approximate surface area is 129 Å².